The first-order chi connectivity index (χ1) is 27.0. The number of allylic oxidation sites excluding steroid dienone is 1. The number of hydrogen-bond acceptors (Lipinski definition) is 8. The van der Waals surface area contributed by atoms with Crippen LogP contribution in [0, 0.1) is 0 Å². The molecule has 12 heteroatoms. The van der Waals surface area contributed by atoms with Crippen LogP contribution in [0.4, 0.5) is 0 Å². The Hall–Kier alpha value is -5.91. The maximum absolute atomic E-state index is 14.0. The third kappa shape index (κ3) is 9.47. The molecule has 0 fully saturated rings. The first kappa shape index (κ1) is 41.3. The minimum atomic E-state index is -1.10. The van der Waals surface area contributed by atoms with Gasteiger partial charge in [0.05, 0.1) is 21.3 Å². The predicted octanol–water partition coefficient (Wildman–Crippen LogP) is 5.45. The average molecular weight is 765 g/mol. The fraction of sp³-hybridized carbons (Fsp3) is 0.386. The van der Waals surface area contributed by atoms with Crippen LogP contribution < -0.4 is 30.7 Å². The molecule has 4 amide bonds. The van der Waals surface area contributed by atoms with Crippen LogP contribution in [0.1, 0.15) is 64.0 Å². The molecular weight excluding hydrogens is 713 g/mol. The van der Waals surface area contributed by atoms with Crippen molar-refractivity contribution in [3.8, 4) is 22.6 Å². The second-order valence-corrected chi connectivity index (χ2v) is 14.1. The molecule has 4 atom stereocenters. The maximum atomic E-state index is 14.0. The molecule has 0 saturated carbocycles. The van der Waals surface area contributed by atoms with E-state index in [-0.39, 0.29) is 12.8 Å². The van der Waals surface area contributed by atoms with Gasteiger partial charge in [-0.25, -0.2) is 4.79 Å². The van der Waals surface area contributed by atoms with Gasteiger partial charge in [-0.2, -0.15) is 0 Å². The van der Waals surface area contributed by atoms with Crippen molar-refractivity contribution in [3.05, 3.63) is 83.9 Å². The minimum absolute atomic E-state index is 0.0282. The highest BCUT2D eigenvalue weighted by molar-refractivity contribution is 6.11. The van der Waals surface area contributed by atoms with Crippen LogP contribution in [0.25, 0.3) is 32.7 Å². The van der Waals surface area contributed by atoms with Gasteiger partial charge in [0.25, 0.3) is 0 Å². The number of carbonyl (C=O) groups excluding carboxylic acids is 5. The van der Waals surface area contributed by atoms with Crippen LogP contribution in [0.5, 0.6) is 11.5 Å². The average Bonchev–Trinajstić information content (AvgIpc) is 3.19. The molecule has 0 radical (unpaired) electrons. The Morgan fingerprint density at radius 2 is 1.38 bits per heavy atom. The number of rotatable bonds is 8. The molecule has 0 aliphatic carbocycles. The largest absolute Gasteiger partial charge is 0.496 e. The molecule has 1 aliphatic heterocycles. The summed E-state index contributed by atoms with van der Waals surface area (Å²) in [6, 6.07) is 15.7. The number of esters is 1. The summed E-state index contributed by atoms with van der Waals surface area (Å²) in [5.41, 5.74) is 3.05. The molecule has 4 N–H and O–H groups in total. The number of nitrogens with one attached hydrogen (secondary N) is 4. The molecule has 0 saturated heterocycles. The molecule has 0 aromatic heterocycles. The summed E-state index contributed by atoms with van der Waals surface area (Å²) in [5, 5.41) is 14.7. The summed E-state index contributed by atoms with van der Waals surface area (Å²) in [7, 11) is 4.45. The van der Waals surface area contributed by atoms with Gasteiger partial charge in [0, 0.05) is 24.5 Å². The second-order valence-electron chi connectivity index (χ2n) is 14.1. The monoisotopic (exact) mass is 764 g/mol. The van der Waals surface area contributed by atoms with E-state index in [1.807, 2.05) is 73.7 Å². The molecule has 4 aromatic carbocycles. The van der Waals surface area contributed by atoms with Crippen molar-refractivity contribution < 1.29 is 38.2 Å². The summed E-state index contributed by atoms with van der Waals surface area (Å²) in [6.45, 7) is 4.86. The smallest absolute Gasteiger partial charge is 0.328 e. The van der Waals surface area contributed by atoms with Crippen molar-refractivity contribution in [2.45, 2.75) is 89.9 Å². The lowest BCUT2D eigenvalue weighted by Crippen LogP contribution is -2.57. The lowest BCUT2D eigenvalue weighted by Gasteiger charge is -2.25. The fourth-order valence-corrected chi connectivity index (χ4v) is 7.33. The zero-order valence-corrected chi connectivity index (χ0v) is 33.0. The summed E-state index contributed by atoms with van der Waals surface area (Å²) >= 11 is 0. The van der Waals surface area contributed by atoms with E-state index < -0.39 is 53.8 Å². The number of carbonyl (C=O) groups is 5. The van der Waals surface area contributed by atoms with Crippen molar-refractivity contribution in [2.24, 2.45) is 0 Å². The first-order valence-corrected chi connectivity index (χ1v) is 19.1. The predicted molar refractivity (Wildman–Crippen MR) is 216 cm³/mol. The van der Waals surface area contributed by atoms with Crippen LogP contribution in [0.15, 0.2) is 72.8 Å². The van der Waals surface area contributed by atoms with Crippen molar-refractivity contribution in [3.63, 3.8) is 0 Å². The topological polar surface area (TPSA) is 161 Å². The van der Waals surface area contributed by atoms with E-state index in [2.05, 4.69) is 27.3 Å². The van der Waals surface area contributed by atoms with Gasteiger partial charge in [-0.3, -0.25) is 19.2 Å². The maximum Gasteiger partial charge on any atom is 0.328 e. The fourth-order valence-electron chi connectivity index (χ4n) is 7.33. The van der Waals surface area contributed by atoms with Gasteiger partial charge in [0.15, 0.2) is 0 Å². The van der Waals surface area contributed by atoms with Gasteiger partial charge in [-0.15, -0.1) is 0 Å². The van der Waals surface area contributed by atoms with E-state index >= 15 is 0 Å². The lowest BCUT2D eigenvalue weighted by molar-refractivity contribution is -0.145. The Balaban J connectivity index is 1.73. The van der Waals surface area contributed by atoms with E-state index in [1.54, 1.807) is 14.2 Å². The van der Waals surface area contributed by atoms with E-state index in [1.165, 1.54) is 21.0 Å². The van der Waals surface area contributed by atoms with Crippen LogP contribution in [-0.2, 0) is 41.6 Å². The summed E-state index contributed by atoms with van der Waals surface area (Å²) < 4.78 is 17.5. The van der Waals surface area contributed by atoms with Gasteiger partial charge < -0.3 is 35.5 Å². The zero-order valence-electron chi connectivity index (χ0n) is 33.0. The number of hydrogen-bond donors (Lipinski definition) is 4. The van der Waals surface area contributed by atoms with Crippen LogP contribution >= 0.6 is 0 Å². The molecule has 0 spiro atoms. The first-order valence-electron chi connectivity index (χ1n) is 19.1. The number of ether oxygens (including phenoxy) is 3. The third-order valence-corrected chi connectivity index (χ3v) is 10.1. The molecule has 296 valence electrons. The van der Waals surface area contributed by atoms with E-state index in [9.17, 15) is 24.0 Å². The van der Waals surface area contributed by atoms with Crippen LogP contribution in [0.2, 0.25) is 0 Å². The Morgan fingerprint density at radius 1 is 0.768 bits per heavy atom. The van der Waals surface area contributed by atoms with Crippen LogP contribution in [0.3, 0.4) is 0 Å². The standard InChI is InChI=1S/C44H52N4O8/c1-7-8-9-21-34-42(51)48-35(44(53)56-6)22-15-12-18-30-23-28-16-10-13-19-32(28)37(39(30)54-4)38-33-20-14-11-17-29(33)24-31(40(38)55-5)25-36(46-27(3)49)43(52)45-26(2)41(50)47-34/h10-17,19-20,23-24,26,34-36H,7-9,18,21-22,25H2,1-6H3,(H,45,52)(H,46,49)(H,47,50)(H,48,51)/b15-12-/t26-,34-,35?,36?/m0/s1. The highest BCUT2D eigenvalue weighted by Crippen LogP contribution is 2.48. The van der Waals surface area contributed by atoms with Gasteiger partial charge in [0.2, 0.25) is 23.6 Å². The molecule has 4 bridgehead atoms. The van der Waals surface area contributed by atoms with E-state index in [0.717, 1.165) is 51.1 Å². The number of fused-ring (bicyclic) bond motifs is 9. The molecule has 12 nitrogen and oxygen atoms in total. The van der Waals surface area contributed by atoms with Gasteiger partial charge >= 0.3 is 5.97 Å². The molecule has 1 aliphatic rings. The van der Waals surface area contributed by atoms with Gasteiger partial charge in [-0.1, -0.05) is 86.9 Å². The van der Waals surface area contributed by atoms with Crippen molar-refractivity contribution in [2.75, 3.05) is 21.3 Å². The Morgan fingerprint density at radius 3 is 1.96 bits per heavy atom. The van der Waals surface area contributed by atoms with Gasteiger partial charge in [-0.05, 0) is 71.0 Å². The molecular formula is C44H52N4O8. The second kappa shape index (κ2) is 19.1. The van der Waals surface area contributed by atoms with Crippen molar-refractivity contribution in [1.29, 1.82) is 0 Å². The zero-order chi connectivity index (χ0) is 40.4. The Bertz CT molecular complexity index is 2130. The van der Waals surface area contributed by atoms with Crippen molar-refractivity contribution in [1.82, 2.24) is 21.3 Å². The lowest BCUT2D eigenvalue weighted by atomic mass is 9.87. The highest BCUT2D eigenvalue weighted by atomic mass is 16.5. The molecule has 56 heavy (non-hydrogen) atoms. The Kier molecular flexibility index (Phi) is 14.1. The third-order valence-electron chi connectivity index (χ3n) is 10.1. The van der Waals surface area contributed by atoms with E-state index in [4.69, 9.17) is 14.2 Å². The molecule has 5 rings (SSSR count). The molecule has 2 unspecified atom stereocenters. The van der Waals surface area contributed by atoms with Crippen LogP contribution in [-0.4, -0.2) is 75.1 Å². The normalized spacial score (nSPS) is 20.1. The summed E-state index contributed by atoms with van der Waals surface area (Å²) in [6.07, 6.45) is 7.00. The molecule has 4 aromatic rings. The number of methoxy groups -OCH3 is 3. The SMILES string of the molecule is CCCCC[C@@H]1NC(=O)[C@H](C)NC(=O)C(NC(C)=O)Cc2cc3ccccc3c(c2OC)-c2c(OC)c(cc3ccccc23)C/C=C\CC(C(=O)OC)NC1=O. The molecule has 1 heterocycles. The minimum Gasteiger partial charge on any atom is -0.496 e. The summed E-state index contributed by atoms with van der Waals surface area (Å²) in [4.78, 5) is 66.8. The number of unbranched alkanes of at least 4 members (excludes halogenated alkanes) is 2. The highest BCUT2D eigenvalue weighted by Gasteiger charge is 2.31. The van der Waals surface area contributed by atoms with E-state index in [0.29, 0.717) is 36.3 Å². The van der Waals surface area contributed by atoms with Crippen molar-refractivity contribution >= 4 is 51.1 Å². The number of amides is 4. The number of benzene rings is 4. The Labute approximate surface area is 327 Å². The summed E-state index contributed by atoms with van der Waals surface area (Å²) in [5.74, 6) is -1.69. The van der Waals surface area contributed by atoms with Gasteiger partial charge in [0.1, 0.15) is 35.7 Å². The quantitative estimate of drug-likeness (QED) is 0.105.